The molecule has 2 atom stereocenters. The second-order valence-corrected chi connectivity index (χ2v) is 16.5. The van der Waals surface area contributed by atoms with Gasteiger partial charge >= 0.3 is 18.3 Å². The largest absolute Gasteiger partial charge is 0.573 e. The predicted molar refractivity (Wildman–Crippen MR) is 267 cm³/mol. The number of nitrogen functional groups attached to an aromatic ring is 1. The summed E-state index contributed by atoms with van der Waals surface area (Å²) in [6, 6.07) is 33.0. The van der Waals surface area contributed by atoms with Crippen LogP contribution in [0, 0.1) is 5.92 Å². The second-order valence-electron chi connectivity index (χ2n) is 15.2. The molecule has 0 aliphatic carbocycles. The van der Waals surface area contributed by atoms with Gasteiger partial charge in [0.05, 0.1) is 24.5 Å². The van der Waals surface area contributed by atoms with Crippen LogP contribution in [0.15, 0.2) is 143 Å². The number of nitrogens with two attached hydrogens (primary N) is 2. The van der Waals surface area contributed by atoms with E-state index in [0.717, 1.165) is 5.75 Å². The minimum atomic E-state index is -4.76. The van der Waals surface area contributed by atoms with Gasteiger partial charge in [0.1, 0.15) is 18.1 Å². The highest BCUT2D eigenvalue weighted by Crippen LogP contribution is 2.34. The Balaban J connectivity index is 0.000000222. The van der Waals surface area contributed by atoms with E-state index in [9.17, 15) is 37.1 Å². The monoisotopic (exact) mass is 1090 g/mol. The molecular weight excluding hydrogens is 1040 g/mol. The van der Waals surface area contributed by atoms with Crippen molar-refractivity contribution in [3.05, 3.63) is 160 Å². The summed E-state index contributed by atoms with van der Waals surface area (Å²) in [5.41, 5.74) is 13.8. The van der Waals surface area contributed by atoms with Gasteiger partial charge in [0.25, 0.3) is 6.47 Å². The molecule has 8 rings (SSSR count). The third kappa shape index (κ3) is 18.7. The molecule has 2 amide bonds. The number of hydrogen-bond acceptors (Lipinski definition) is 14. The number of benzene rings is 5. The Hall–Kier alpha value is -8.34. The first-order valence-corrected chi connectivity index (χ1v) is 22.4. The minimum absolute atomic E-state index is 0.0574. The number of amides is 2. The molecule has 25 heteroatoms. The van der Waals surface area contributed by atoms with Crippen LogP contribution in [0.25, 0.3) is 11.4 Å². The van der Waals surface area contributed by atoms with Gasteiger partial charge in [0, 0.05) is 69.2 Å². The summed E-state index contributed by atoms with van der Waals surface area (Å²) in [4.78, 5) is 61.5. The van der Waals surface area contributed by atoms with Gasteiger partial charge in [-0.15, -0.1) is 13.2 Å². The number of hydrogen-bond donors (Lipinski definition) is 5. The average molecular weight is 1090 g/mol. The average Bonchev–Trinajstić information content (AvgIpc) is 4.12. The van der Waals surface area contributed by atoms with Crippen LogP contribution >= 0.6 is 34.8 Å². The fraction of sp³-hybridized carbons (Fsp3) is 0.184. The minimum Gasteiger partial charge on any atom is -0.497 e. The predicted octanol–water partition coefficient (Wildman–Crippen LogP) is 9.10. The molecule has 19 nitrogen and oxygen atoms in total. The van der Waals surface area contributed by atoms with Crippen LogP contribution in [0.2, 0.25) is 15.1 Å². The highest BCUT2D eigenvalue weighted by molar-refractivity contribution is 6.31. The Morgan fingerprint density at radius 2 is 1.38 bits per heavy atom. The smallest absolute Gasteiger partial charge is 0.497 e. The van der Waals surface area contributed by atoms with Crippen molar-refractivity contribution >= 4 is 87.9 Å². The molecule has 0 spiro atoms. The highest BCUT2D eigenvalue weighted by atomic mass is 35.5. The van der Waals surface area contributed by atoms with Gasteiger partial charge in [0.2, 0.25) is 23.5 Å². The standard InChI is InChI=1S/C19H13ClF3N3O3.C11H10ClNO3.C8H10N2O2.C6H6ClN.C5H6O4/c20-13-2-1-3-14(9-13)26-10-12(8-16(26)27)18-24-17(25-29-18)11-4-6-15(7-5-11)28-19(21,22)23;12-8-2-1-3-9(5-8)13-6-7(11(15)16)4-10(13)14;1-12-7-4-2-6(3-5-7)8(9)10-11;7-5-2-1-3-6(8)4-5;1-4(5(7)8)2-9-3-6/h1-7,9,12H,8,10H2;1-3,5,7H,4,6H2,(H,15,16);2-5,11H,1H3,(H2,9,10);1-4H,8H2;3H,1-2H2,(H,7,8). The van der Waals surface area contributed by atoms with Crippen LogP contribution in [-0.2, 0) is 28.7 Å². The van der Waals surface area contributed by atoms with Gasteiger partial charge in [-0.25, -0.2) is 4.79 Å². The van der Waals surface area contributed by atoms with Crippen molar-refractivity contribution in [2.24, 2.45) is 16.8 Å². The number of nitrogens with zero attached hydrogens (tertiary/aromatic N) is 5. The molecule has 0 radical (unpaired) electrons. The number of carbonyl (C=O) groups is 5. The number of oxime groups is 1. The Morgan fingerprint density at radius 3 is 1.84 bits per heavy atom. The van der Waals surface area contributed by atoms with Crippen molar-refractivity contribution in [2.75, 3.05) is 42.3 Å². The Labute approximate surface area is 434 Å². The SMILES string of the molecule is C=C(COC=O)C(=O)O.COc1ccc(C(N)=NO)cc1.Nc1cccc(Cl)c1.O=C(O)C1CC(=O)N(c2cccc(Cl)c2)C1.O=C1CC(c2nc(-c3ccc(OC(F)(F)F)cc3)no2)CN1c1cccc(Cl)c1. The molecule has 3 heterocycles. The number of alkyl halides is 3. The molecule has 1 aromatic heterocycles. The van der Waals surface area contributed by atoms with Crippen LogP contribution in [0.1, 0.15) is 30.2 Å². The van der Waals surface area contributed by atoms with Gasteiger partial charge in [-0.3, -0.25) is 19.2 Å². The summed E-state index contributed by atoms with van der Waals surface area (Å²) >= 11 is 17.4. The lowest BCUT2D eigenvalue weighted by atomic mass is 10.1. The zero-order chi connectivity index (χ0) is 54.5. The number of amidine groups is 1. The molecule has 0 bridgehead atoms. The summed E-state index contributed by atoms with van der Waals surface area (Å²) in [7, 11) is 1.58. The first-order valence-electron chi connectivity index (χ1n) is 21.2. The molecule has 2 fully saturated rings. The molecule has 2 unspecified atom stereocenters. The van der Waals surface area contributed by atoms with E-state index in [1.807, 2.05) is 6.07 Å². The number of aromatic nitrogens is 2. The number of anilines is 3. The fourth-order valence-electron chi connectivity index (χ4n) is 6.38. The van der Waals surface area contributed by atoms with Crippen LogP contribution < -0.4 is 30.7 Å². The van der Waals surface area contributed by atoms with E-state index >= 15 is 0 Å². The third-order valence-electron chi connectivity index (χ3n) is 9.95. The topological polar surface area (TPSA) is 284 Å². The number of aliphatic carboxylic acids is 2. The van der Waals surface area contributed by atoms with Crippen molar-refractivity contribution in [1.82, 2.24) is 10.1 Å². The van der Waals surface area contributed by atoms with Crippen molar-refractivity contribution in [2.45, 2.75) is 25.1 Å². The third-order valence-corrected chi connectivity index (χ3v) is 10.7. The number of ether oxygens (including phenoxy) is 3. The molecular formula is C49H45Cl3F3N7O12. The summed E-state index contributed by atoms with van der Waals surface area (Å²) in [5, 5.41) is 33.8. The van der Waals surface area contributed by atoms with Crippen molar-refractivity contribution in [3.8, 4) is 22.9 Å². The van der Waals surface area contributed by atoms with Crippen molar-refractivity contribution in [1.29, 1.82) is 0 Å². The number of methoxy groups -OCH3 is 1. The van der Waals surface area contributed by atoms with Crippen molar-refractivity contribution in [3.63, 3.8) is 0 Å². The molecule has 7 N–H and O–H groups in total. The van der Waals surface area contributed by atoms with E-state index < -0.39 is 24.2 Å². The van der Waals surface area contributed by atoms with Crippen LogP contribution in [-0.4, -0.2) is 94.8 Å². The lowest BCUT2D eigenvalue weighted by Crippen LogP contribution is -2.25. The summed E-state index contributed by atoms with van der Waals surface area (Å²) < 4.78 is 54.9. The summed E-state index contributed by atoms with van der Waals surface area (Å²) in [6.45, 7) is 3.61. The lowest BCUT2D eigenvalue weighted by molar-refractivity contribution is -0.274. The highest BCUT2D eigenvalue weighted by Gasteiger charge is 2.36. The molecule has 5 aromatic carbocycles. The number of rotatable bonds is 12. The van der Waals surface area contributed by atoms with Crippen LogP contribution in [0.4, 0.5) is 30.2 Å². The molecule has 0 saturated carbocycles. The van der Waals surface area contributed by atoms with E-state index in [2.05, 4.69) is 31.3 Å². The quantitative estimate of drug-likeness (QED) is 0.0145. The van der Waals surface area contributed by atoms with Gasteiger partial charge < -0.3 is 55.4 Å². The Morgan fingerprint density at radius 1 is 0.838 bits per heavy atom. The van der Waals surface area contributed by atoms with E-state index in [1.165, 1.54) is 29.2 Å². The number of halogens is 6. The lowest BCUT2D eigenvalue weighted by Gasteiger charge is -2.16. The van der Waals surface area contributed by atoms with E-state index in [1.54, 1.807) is 103 Å². The first-order chi connectivity index (χ1) is 35.1. The summed E-state index contributed by atoms with van der Waals surface area (Å²) in [6.07, 6.45) is -4.50. The molecule has 2 aliphatic heterocycles. The summed E-state index contributed by atoms with van der Waals surface area (Å²) in [5.74, 6) is -2.27. The van der Waals surface area contributed by atoms with Crippen molar-refractivity contribution < 1.29 is 71.3 Å². The molecule has 2 aliphatic rings. The normalized spacial score (nSPS) is 14.8. The van der Waals surface area contributed by atoms with Crippen LogP contribution in [0.5, 0.6) is 11.5 Å². The van der Waals surface area contributed by atoms with Gasteiger partial charge in [-0.1, -0.05) is 69.9 Å². The van der Waals surface area contributed by atoms with Crippen LogP contribution in [0.3, 0.4) is 0 Å². The van der Waals surface area contributed by atoms with E-state index in [4.69, 9.17) is 71.0 Å². The second kappa shape index (κ2) is 28.0. The zero-order valence-corrected chi connectivity index (χ0v) is 41.0. The maximum absolute atomic E-state index is 12.4. The molecule has 6 aromatic rings. The zero-order valence-electron chi connectivity index (χ0n) is 38.7. The van der Waals surface area contributed by atoms with E-state index in [0.29, 0.717) is 49.8 Å². The number of carbonyl (C=O) groups excluding carboxylic acids is 3. The maximum atomic E-state index is 12.4. The number of carboxylic acids is 2. The molecule has 2 saturated heterocycles. The van der Waals surface area contributed by atoms with E-state index in [-0.39, 0.29) is 79.1 Å². The first kappa shape index (κ1) is 58.2. The Bertz CT molecular complexity index is 2890. The fourth-order valence-corrected chi connectivity index (χ4v) is 6.95. The number of carboxylic acid groups (broad SMARTS) is 2. The molecule has 390 valence electrons. The maximum Gasteiger partial charge on any atom is 0.573 e. The Kier molecular flexibility index (Phi) is 22.1. The molecule has 74 heavy (non-hydrogen) atoms. The van der Waals surface area contributed by atoms with Gasteiger partial charge in [0.15, 0.2) is 5.84 Å². The van der Waals surface area contributed by atoms with Gasteiger partial charge in [-0.2, -0.15) is 4.98 Å². The van der Waals surface area contributed by atoms with Gasteiger partial charge in [-0.05, 0) is 103 Å².